The molecule has 0 aromatic heterocycles. The molecule has 0 saturated heterocycles. The first-order valence-electron chi connectivity index (χ1n) is 5.14. The molecule has 1 saturated carbocycles. The zero-order valence-corrected chi connectivity index (χ0v) is 10.6. The smallest absolute Gasteiger partial charge is 0.242 e. The summed E-state index contributed by atoms with van der Waals surface area (Å²) in [6.07, 6.45) is 3.45. The number of carbonyl (C=O) groups is 1. The molecule has 82 valence electrons. The lowest BCUT2D eigenvalue weighted by atomic mass is 9.70. The molecule has 0 unspecified atom stereocenters. The fourth-order valence-corrected chi connectivity index (χ4v) is 2.55. The Morgan fingerprint density at radius 3 is 2.00 bits per heavy atom. The van der Waals surface area contributed by atoms with Crippen molar-refractivity contribution < 1.29 is 4.79 Å². The first kappa shape index (κ1) is 12.3. The lowest BCUT2D eigenvalue weighted by Crippen LogP contribution is -2.37. The monoisotopic (exact) mass is 236 g/mol. The van der Waals surface area contributed by atoms with Gasteiger partial charge in [-0.2, -0.15) is 0 Å². The number of carbonyl (C=O) groups excluding carboxylic acids is 1. The molecular formula is C11H18Cl2O. The number of rotatable bonds is 1. The summed E-state index contributed by atoms with van der Waals surface area (Å²) in [4.78, 5) is 10.3. The highest BCUT2D eigenvalue weighted by Crippen LogP contribution is 2.44. The molecule has 0 radical (unpaired) electrons. The quantitative estimate of drug-likeness (QED) is 0.498. The maximum atomic E-state index is 11.1. The zero-order chi connectivity index (χ0) is 11.0. The van der Waals surface area contributed by atoms with E-state index in [1.165, 1.54) is 0 Å². The van der Waals surface area contributed by atoms with Crippen LogP contribution in [0.1, 0.15) is 46.5 Å². The summed E-state index contributed by atoms with van der Waals surface area (Å²) >= 11 is 11.6. The minimum absolute atomic E-state index is 0.313. The molecule has 0 amide bonds. The van der Waals surface area contributed by atoms with Crippen LogP contribution in [0.2, 0.25) is 0 Å². The molecular weight excluding hydrogens is 219 g/mol. The van der Waals surface area contributed by atoms with Crippen LogP contribution < -0.4 is 0 Å². The fraction of sp³-hybridized carbons (Fsp3) is 0.909. The SMILES string of the molecule is CC(C)(C)C1CCC(Cl)(C(=O)Cl)CC1. The summed E-state index contributed by atoms with van der Waals surface area (Å²) in [5, 5.41) is -0.383. The fourth-order valence-electron chi connectivity index (χ4n) is 2.14. The summed E-state index contributed by atoms with van der Waals surface area (Å²) in [6.45, 7) is 6.71. The van der Waals surface area contributed by atoms with Crippen molar-refractivity contribution >= 4 is 28.4 Å². The highest BCUT2D eigenvalue weighted by Gasteiger charge is 2.41. The lowest BCUT2D eigenvalue weighted by molar-refractivity contribution is -0.115. The second-order valence-electron chi connectivity index (χ2n) is 5.38. The van der Waals surface area contributed by atoms with Gasteiger partial charge in [0.25, 0.3) is 0 Å². The Bertz CT molecular complexity index is 222. The Morgan fingerprint density at radius 2 is 1.71 bits per heavy atom. The molecule has 1 fully saturated rings. The molecule has 1 aliphatic carbocycles. The van der Waals surface area contributed by atoms with Crippen molar-refractivity contribution in [3.63, 3.8) is 0 Å². The van der Waals surface area contributed by atoms with Gasteiger partial charge in [-0.3, -0.25) is 4.79 Å². The van der Waals surface area contributed by atoms with Crippen LogP contribution in [0.25, 0.3) is 0 Å². The molecule has 14 heavy (non-hydrogen) atoms. The van der Waals surface area contributed by atoms with Crippen LogP contribution in [0.3, 0.4) is 0 Å². The van der Waals surface area contributed by atoms with Gasteiger partial charge < -0.3 is 0 Å². The summed E-state index contributed by atoms with van der Waals surface area (Å²) in [6, 6.07) is 0. The van der Waals surface area contributed by atoms with Gasteiger partial charge in [0.1, 0.15) is 4.87 Å². The van der Waals surface area contributed by atoms with Gasteiger partial charge in [-0.1, -0.05) is 20.8 Å². The molecule has 3 heteroatoms. The maximum Gasteiger partial charge on any atom is 0.242 e. The Hall–Kier alpha value is 0.250. The topological polar surface area (TPSA) is 17.1 Å². The van der Waals surface area contributed by atoms with E-state index in [0.717, 1.165) is 25.7 Å². The van der Waals surface area contributed by atoms with E-state index in [2.05, 4.69) is 20.8 Å². The summed E-state index contributed by atoms with van der Waals surface area (Å²) < 4.78 is 0. The van der Waals surface area contributed by atoms with Crippen LogP contribution in [-0.2, 0) is 4.79 Å². The van der Waals surface area contributed by atoms with E-state index in [9.17, 15) is 4.79 Å². The Labute approximate surface area is 96.2 Å². The van der Waals surface area contributed by atoms with Gasteiger partial charge in [0.15, 0.2) is 0 Å². The molecule has 1 rings (SSSR count). The zero-order valence-electron chi connectivity index (χ0n) is 9.07. The first-order chi connectivity index (χ1) is 6.26. The summed E-state index contributed by atoms with van der Waals surface area (Å²) in [5.74, 6) is 0.658. The molecule has 0 heterocycles. The van der Waals surface area contributed by atoms with Crippen LogP contribution in [0, 0.1) is 11.3 Å². The standard InChI is InChI=1S/C11H18Cl2O/c1-10(2,3)8-4-6-11(13,7-5-8)9(12)14/h8H,4-7H2,1-3H3. The molecule has 0 atom stereocenters. The average Bonchev–Trinajstić information content (AvgIpc) is 2.03. The summed E-state index contributed by atoms with van der Waals surface area (Å²) in [7, 11) is 0. The van der Waals surface area contributed by atoms with Gasteiger partial charge in [0.05, 0.1) is 0 Å². The van der Waals surface area contributed by atoms with E-state index in [1.807, 2.05) is 0 Å². The third-order valence-electron chi connectivity index (χ3n) is 3.36. The van der Waals surface area contributed by atoms with E-state index < -0.39 is 4.87 Å². The van der Waals surface area contributed by atoms with E-state index in [0.29, 0.717) is 11.3 Å². The molecule has 0 aromatic rings. The molecule has 0 bridgehead atoms. The highest BCUT2D eigenvalue weighted by molar-refractivity contribution is 6.70. The van der Waals surface area contributed by atoms with E-state index in [-0.39, 0.29) is 5.24 Å². The molecule has 0 aliphatic heterocycles. The highest BCUT2D eigenvalue weighted by atomic mass is 35.5. The van der Waals surface area contributed by atoms with Crippen molar-refractivity contribution in [1.82, 2.24) is 0 Å². The minimum Gasteiger partial charge on any atom is -0.279 e. The van der Waals surface area contributed by atoms with Crippen LogP contribution in [0.4, 0.5) is 0 Å². The number of hydrogen-bond acceptors (Lipinski definition) is 1. The van der Waals surface area contributed by atoms with Gasteiger partial charge in [-0.25, -0.2) is 0 Å². The largest absolute Gasteiger partial charge is 0.279 e. The molecule has 1 aliphatic rings. The van der Waals surface area contributed by atoms with Crippen LogP contribution in [0.15, 0.2) is 0 Å². The van der Waals surface area contributed by atoms with E-state index in [1.54, 1.807) is 0 Å². The number of hydrogen-bond donors (Lipinski definition) is 0. The van der Waals surface area contributed by atoms with Crippen LogP contribution in [-0.4, -0.2) is 10.1 Å². The third-order valence-corrected chi connectivity index (χ3v) is 4.36. The van der Waals surface area contributed by atoms with Gasteiger partial charge in [0.2, 0.25) is 5.24 Å². The number of halogens is 2. The van der Waals surface area contributed by atoms with E-state index >= 15 is 0 Å². The normalized spacial score (nSPS) is 34.2. The number of alkyl halides is 1. The summed E-state index contributed by atoms with van der Waals surface area (Å²) in [5.41, 5.74) is 0.313. The predicted octanol–water partition coefficient (Wildman–Crippen LogP) is 3.97. The van der Waals surface area contributed by atoms with Crippen molar-refractivity contribution in [3.05, 3.63) is 0 Å². The van der Waals surface area contributed by atoms with Crippen molar-refractivity contribution in [2.45, 2.75) is 51.3 Å². The van der Waals surface area contributed by atoms with E-state index in [4.69, 9.17) is 23.2 Å². The molecule has 0 spiro atoms. The van der Waals surface area contributed by atoms with Crippen LogP contribution >= 0.6 is 23.2 Å². The Morgan fingerprint density at radius 1 is 1.29 bits per heavy atom. The second-order valence-corrected chi connectivity index (χ2v) is 6.45. The first-order valence-corrected chi connectivity index (χ1v) is 5.90. The predicted molar refractivity (Wildman–Crippen MR) is 60.9 cm³/mol. The molecule has 0 aromatic carbocycles. The van der Waals surface area contributed by atoms with Gasteiger partial charge in [-0.15, -0.1) is 11.6 Å². The van der Waals surface area contributed by atoms with Crippen molar-refractivity contribution in [1.29, 1.82) is 0 Å². The van der Waals surface area contributed by atoms with Gasteiger partial charge in [0, 0.05) is 0 Å². The van der Waals surface area contributed by atoms with Gasteiger partial charge in [-0.05, 0) is 48.6 Å². The lowest BCUT2D eigenvalue weighted by Gasteiger charge is -2.39. The molecule has 0 N–H and O–H groups in total. The molecule has 1 nitrogen and oxygen atoms in total. The third kappa shape index (κ3) is 2.64. The van der Waals surface area contributed by atoms with Crippen molar-refractivity contribution in [2.75, 3.05) is 0 Å². The van der Waals surface area contributed by atoms with Crippen molar-refractivity contribution in [2.24, 2.45) is 11.3 Å². The van der Waals surface area contributed by atoms with Crippen molar-refractivity contribution in [3.8, 4) is 0 Å². The van der Waals surface area contributed by atoms with Crippen LogP contribution in [0.5, 0.6) is 0 Å². The second kappa shape index (κ2) is 4.02. The average molecular weight is 237 g/mol. The maximum absolute atomic E-state index is 11.1. The Balaban J connectivity index is 2.59. The minimum atomic E-state index is -0.774. The Kier molecular flexibility index (Phi) is 3.53. The van der Waals surface area contributed by atoms with Gasteiger partial charge >= 0.3 is 0 Å².